The second-order valence-corrected chi connectivity index (χ2v) is 6.66. The molecule has 94 valence electrons. The highest BCUT2D eigenvalue weighted by Crippen LogP contribution is 2.42. The van der Waals surface area contributed by atoms with Gasteiger partial charge in [-0.2, -0.15) is 0 Å². The van der Waals surface area contributed by atoms with Gasteiger partial charge in [0.15, 0.2) is 0 Å². The molecule has 1 rings (SSSR count). The Hall–Kier alpha value is -0.260. The van der Waals surface area contributed by atoms with Crippen molar-refractivity contribution >= 4 is 0 Å². The van der Waals surface area contributed by atoms with Crippen molar-refractivity contribution in [3.8, 4) is 0 Å². The fourth-order valence-corrected chi connectivity index (χ4v) is 3.24. The summed E-state index contributed by atoms with van der Waals surface area (Å²) < 4.78 is 0. The molecular formula is C16H30. The minimum absolute atomic E-state index is 0.739. The van der Waals surface area contributed by atoms with Gasteiger partial charge in [-0.1, -0.05) is 52.7 Å². The van der Waals surface area contributed by atoms with Crippen LogP contribution in [0, 0.1) is 29.6 Å². The smallest absolute Gasteiger partial charge is 0.0177 e. The van der Waals surface area contributed by atoms with Crippen LogP contribution in [0.25, 0.3) is 0 Å². The van der Waals surface area contributed by atoms with Crippen molar-refractivity contribution < 1.29 is 0 Å². The second kappa shape index (κ2) is 5.38. The summed E-state index contributed by atoms with van der Waals surface area (Å²) in [6, 6.07) is 0. The topological polar surface area (TPSA) is 0 Å². The Morgan fingerprint density at radius 2 is 1.50 bits per heavy atom. The number of hydrogen-bond donors (Lipinski definition) is 0. The lowest BCUT2D eigenvalue weighted by atomic mass is 9.68. The molecule has 0 nitrogen and oxygen atoms in total. The molecule has 0 spiro atoms. The van der Waals surface area contributed by atoms with Crippen LogP contribution in [0.5, 0.6) is 0 Å². The summed E-state index contributed by atoms with van der Waals surface area (Å²) in [4.78, 5) is 0. The molecule has 0 saturated carbocycles. The molecule has 0 saturated heterocycles. The van der Waals surface area contributed by atoms with E-state index in [1.807, 2.05) is 0 Å². The summed E-state index contributed by atoms with van der Waals surface area (Å²) in [6.45, 7) is 16.7. The van der Waals surface area contributed by atoms with Crippen LogP contribution in [-0.2, 0) is 0 Å². The highest BCUT2D eigenvalue weighted by Gasteiger charge is 2.30. The van der Waals surface area contributed by atoms with Crippen LogP contribution in [-0.4, -0.2) is 0 Å². The fourth-order valence-electron chi connectivity index (χ4n) is 3.24. The molecule has 0 amide bonds. The lowest BCUT2D eigenvalue weighted by Crippen LogP contribution is -2.26. The zero-order chi connectivity index (χ0) is 12.5. The van der Waals surface area contributed by atoms with E-state index >= 15 is 0 Å². The third kappa shape index (κ3) is 2.90. The van der Waals surface area contributed by atoms with Crippen molar-refractivity contribution in [1.29, 1.82) is 0 Å². The molecule has 0 aliphatic heterocycles. The molecule has 0 aromatic rings. The zero-order valence-electron chi connectivity index (χ0n) is 12.3. The summed E-state index contributed by atoms with van der Waals surface area (Å²) in [7, 11) is 0. The third-order valence-corrected chi connectivity index (χ3v) is 4.55. The van der Waals surface area contributed by atoms with Crippen molar-refractivity contribution in [3.63, 3.8) is 0 Å². The van der Waals surface area contributed by atoms with Crippen LogP contribution in [0.15, 0.2) is 11.1 Å². The SMILES string of the molecule is CC1=C(C(C)C)CC(C(C)C)CC1C(C)C. The van der Waals surface area contributed by atoms with Crippen molar-refractivity contribution in [1.82, 2.24) is 0 Å². The predicted octanol–water partition coefficient (Wildman–Crippen LogP) is 5.30. The first-order valence-corrected chi connectivity index (χ1v) is 7.04. The molecule has 2 unspecified atom stereocenters. The molecule has 0 aromatic carbocycles. The van der Waals surface area contributed by atoms with Gasteiger partial charge < -0.3 is 0 Å². The monoisotopic (exact) mass is 222 g/mol. The van der Waals surface area contributed by atoms with Gasteiger partial charge in [0, 0.05) is 0 Å². The molecule has 1 aliphatic carbocycles. The van der Waals surface area contributed by atoms with Crippen LogP contribution in [0.1, 0.15) is 61.3 Å². The lowest BCUT2D eigenvalue weighted by Gasteiger charge is -2.38. The average molecular weight is 222 g/mol. The lowest BCUT2D eigenvalue weighted by molar-refractivity contribution is 0.247. The first kappa shape index (κ1) is 13.8. The van der Waals surface area contributed by atoms with Crippen LogP contribution >= 0.6 is 0 Å². The highest BCUT2D eigenvalue weighted by atomic mass is 14.4. The molecule has 0 radical (unpaired) electrons. The largest absolute Gasteiger partial charge is 0.0705 e. The van der Waals surface area contributed by atoms with E-state index in [2.05, 4.69) is 48.5 Å². The standard InChI is InChI=1S/C16H30/c1-10(2)14-8-15(11(3)4)13(7)16(9-14)12(5)6/h10-12,14-15H,8-9H2,1-7H3. The van der Waals surface area contributed by atoms with Crippen LogP contribution in [0.4, 0.5) is 0 Å². The first-order chi connectivity index (χ1) is 7.34. The molecular weight excluding hydrogens is 192 g/mol. The van der Waals surface area contributed by atoms with Gasteiger partial charge in [-0.3, -0.25) is 0 Å². The Bertz CT molecular complexity index is 255. The maximum atomic E-state index is 2.39. The molecule has 0 heterocycles. The van der Waals surface area contributed by atoms with Gasteiger partial charge in [0.1, 0.15) is 0 Å². The molecule has 0 N–H and O–H groups in total. The van der Waals surface area contributed by atoms with Gasteiger partial charge in [0.25, 0.3) is 0 Å². The quantitative estimate of drug-likeness (QED) is 0.569. The highest BCUT2D eigenvalue weighted by molar-refractivity contribution is 5.21. The second-order valence-electron chi connectivity index (χ2n) is 6.66. The van der Waals surface area contributed by atoms with E-state index < -0.39 is 0 Å². The van der Waals surface area contributed by atoms with Crippen LogP contribution < -0.4 is 0 Å². The minimum Gasteiger partial charge on any atom is -0.0705 e. The summed E-state index contributed by atoms with van der Waals surface area (Å²) >= 11 is 0. The predicted molar refractivity (Wildman–Crippen MR) is 73.4 cm³/mol. The molecule has 1 aliphatic rings. The van der Waals surface area contributed by atoms with Crippen molar-refractivity contribution in [3.05, 3.63) is 11.1 Å². The van der Waals surface area contributed by atoms with Crippen LogP contribution in [0.3, 0.4) is 0 Å². The van der Waals surface area contributed by atoms with E-state index in [1.165, 1.54) is 12.8 Å². The van der Waals surface area contributed by atoms with Crippen molar-refractivity contribution in [2.45, 2.75) is 61.3 Å². The Kier molecular flexibility index (Phi) is 4.64. The Balaban J connectivity index is 2.98. The Morgan fingerprint density at radius 3 is 1.88 bits per heavy atom. The minimum atomic E-state index is 0.739. The summed E-state index contributed by atoms with van der Waals surface area (Å²) in [5.74, 6) is 4.12. The number of allylic oxidation sites excluding steroid dienone is 2. The molecule has 0 aromatic heterocycles. The average Bonchev–Trinajstić information content (AvgIpc) is 2.16. The molecule has 0 bridgehead atoms. The van der Waals surface area contributed by atoms with Gasteiger partial charge >= 0.3 is 0 Å². The van der Waals surface area contributed by atoms with Crippen LogP contribution in [0.2, 0.25) is 0 Å². The fraction of sp³-hybridized carbons (Fsp3) is 0.875. The Labute approximate surface area is 103 Å². The van der Waals surface area contributed by atoms with Crippen molar-refractivity contribution in [2.75, 3.05) is 0 Å². The molecule has 0 heteroatoms. The summed E-state index contributed by atoms with van der Waals surface area (Å²) in [5.41, 5.74) is 3.46. The number of hydrogen-bond acceptors (Lipinski definition) is 0. The maximum Gasteiger partial charge on any atom is -0.0177 e. The van der Waals surface area contributed by atoms with Gasteiger partial charge in [0.05, 0.1) is 0 Å². The van der Waals surface area contributed by atoms with E-state index in [1.54, 1.807) is 11.1 Å². The normalized spacial score (nSPS) is 27.4. The van der Waals surface area contributed by atoms with E-state index in [0.29, 0.717) is 0 Å². The van der Waals surface area contributed by atoms with E-state index in [0.717, 1.165) is 29.6 Å². The molecule has 0 fully saturated rings. The maximum absolute atomic E-state index is 2.39. The first-order valence-electron chi connectivity index (χ1n) is 7.04. The Morgan fingerprint density at radius 1 is 0.938 bits per heavy atom. The number of rotatable bonds is 3. The molecule has 16 heavy (non-hydrogen) atoms. The van der Waals surface area contributed by atoms with Crippen molar-refractivity contribution in [2.24, 2.45) is 29.6 Å². The van der Waals surface area contributed by atoms with E-state index in [9.17, 15) is 0 Å². The zero-order valence-corrected chi connectivity index (χ0v) is 12.3. The van der Waals surface area contributed by atoms with Gasteiger partial charge in [-0.15, -0.1) is 0 Å². The van der Waals surface area contributed by atoms with Gasteiger partial charge in [-0.25, -0.2) is 0 Å². The molecule has 2 atom stereocenters. The summed E-state index contributed by atoms with van der Waals surface area (Å²) in [5, 5.41) is 0. The van der Waals surface area contributed by atoms with Gasteiger partial charge in [0.2, 0.25) is 0 Å². The van der Waals surface area contributed by atoms with Gasteiger partial charge in [-0.05, 0) is 49.4 Å². The summed E-state index contributed by atoms with van der Waals surface area (Å²) in [6.07, 6.45) is 2.77. The third-order valence-electron chi connectivity index (χ3n) is 4.55. The van der Waals surface area contributed by atoms with E-state index in [4.69, 9.17) is 0 Å². The van der Waals surface area contributed by atoms with E-state index in [-0.39, 0.29) is 0 Å².